The molecule has 0 fully saturated rings. The molecule has 0 saturated heterocycles. The van der Waals surface area contributed by atoms with Crippen molar-refractivity contribution in [1.29, 1.82) is 0 Å². The maximum atomic E-state index is 5.37. The van der Waals surface area contributed by atoms with Gasteiger partial charge in [0.2, 0.25) is 5.88 Å². The highest BCUT2D eigenvalue weighted by molar-refractivity contribution is 5.25. The molecule has 1 rings (SSSR count). The third-order valence-electron chi connectivity index (χ3n) is 1.13. The van der Waals surface area contributed by atoms with Crippen molar-refractivity contribution in [2.24, 2.45) is 0 Å². The number of nitrogens with zero attached hydrogens (tertiary/aromatic N) is 2. The zero-order chi connectivity index (χ0) is 8.81. The van der Waals surface area contributed by atoms with Crippen molar-refractivity contribution in [2.45, 2.75) is 6.42 Å². The summed E-state index contributed by atoms with van der Waals surface area (Å²) in [5, 5.41) is 0. The number of hydrogen-bond donors (Lipinski definition) is 1. The van der Waals surface area contributed by atoms with Crippen LogP contribution in [0.5, 0.6) is 5.88 Å². The van der Waals surface area contributed by atoms with Crippen molar-refractivity contribution in [2.75, 3.05) is 12.3 Å². The van der Waals surface area contributed by atoms with Gasteiger partial charge >= 0.3 is 0 Å². The molecule has 0 aliphatic rings. The number of aromatic nitrogens is 2. The third-order valence-corrected chi connectivity index (χ3v) is 1.13. The van der Waals surface area contributed by atoms with E-state index >= 15 is 0 Å². The maximum absolute atomic E-state index is 5.37. The van der Waals surface area contributed by atoms with E-state index in [0.29, 0.717) is 24.7 Å². The molecule has 2 N–H and O–H groups in total. The Morgan fingerprint density at radius 3 is 3.08 bits per heavy atom. The van der Waals surface area contributed by atoms with Gasteiger partial charge < -0.3 is 10.5 Å². The van der Waals surface area contributed by atoms with Crippen LogP contribution >= 0.6 is 0 Å². The molecule has 0 atom stereocenters. The molecule has 4 nitrogen and oxygen atoms in total. The lowest BCUT2D eigenvalue weighted by Gasteiger charge is -2.01. The van der Waals surface area contributed by atoms with Crippen LogP contribution in [0, 0.1) is 12.3 Å². The molecule has 0 spiro atoms. The van der Waals surface area contributed by atoms with Gasteiger partial charge in [0, 0.05) is 6.42 Å². The Hall–Kier alpha value is -1.76. The van der Waals surface area contributed by atoms with Crippen molar-refractivity contribution in [3.63, 3.8) is 0 Å². The number of nitrogens with two attached hydrogens (primary N) is 1. The number of ether oxygens (including phenoxy) is 1. The number of hydrogen-bond acceptors (Lipinski definition) is 4. The van der Waals surface area contributed by atoms with Crippen LogP contribution in [-0.2, 0) is 0 Å². The second kappa shape index (κ2) is 4.19. The van der Waals surface area contributed by atoms with E-state index in [4.69, 9.17) is 16.9 Å². The average molecular weight is 163 g/mol. The Labute approximate surface area is 70.8 Å². The Kier molecular flexibility index (Phi) is 2.91. The summed E-state index contributed by atoms with van der Waals surface area (Å²) in [5.74, 6) is 3.20. The minimum Gasteiger partial charge on any atom is -0.476 e. The SMILES string of the molecule is C#CCCOc1cncc(N)n1. The fraction of sp³-hybridized carbons (Fsp3) is 0.250. The first-order valence-corrected chi connectivity index (χ1v) is 3.46. The first-order chi connectivity index (χ1) is 5.83. The number of terminal acetylenes is 1. The predicted octanol–water partition coefficient (Wildman–Crippen LogP) is 0.461. The Balaban J connectivity index is 2.48. The summed E-state index contributed by atoms with van der Waals surface area (Å²) in [6, 6.07) is 0. The van der Waals surface area contributed by atoms with E-state index in [1.54, 1.807) is 0 Å². The second-order valence-corrected chi connectivity index (χ2v) is 2.08. The summed E-state index contributed by atoms with van der Waals surface area (Å²) >= 11 is 0. The Morgan fingerprint density at radius 1 is 1.58 bits per heavy atom. The molecule has 1 heterocycles. The molecule has 0 amide bonds. The molecule has 0 aromatic carbocycles. The van der Waals surface area contributed by atoms with Crippen LogP contribution in [-0.4, -0.2) is 16.6 Å². The molecular weight excluding hydrogens is 154 g/mol. The molecule has 0 unspecified atom stereocenters. The van der Waals surface area contributed by atoms with Crippen molar-refractivity contribution in [3.8, 4) is 18.2 Å². The predicted molar refractivity (Wildman–Crippen MR) is 45.4 cm³/mol. The van der Waals surface area contributed by atoms with Gasteiger partial charge in [-0.25, -0.2) is 0 Å². The maximum Gasteiger partial charge on any atom is 0.234 e. The molecule has 0 aliphatic heterocycles. The van der Waals surface area contributed by atoms with Crippen molar-refractivity contribution >= 4 is 5.82 Å². The first kappa shape index (κ1) is 8.34. The van der Waals surface area contributed by atoms with Gasteiger partial charge in [0.05, 0.1) is 12.4 Å². The van der Waals surface area contributed by atoms with Gasteiger partial charge in [0.15, 0.2) is 0 Å². The summed E-state index contributed by atoms with van der Waals surface area (Å²) in [6.07, 6.45) is 8.53. The highest BCUT2D eigenvalue weighted by Crippen LogP contribution is 2.05. The van der Waals surface area contributed by atoms with E-state index < -0.39 is 0 Å². The van der Waals surface area contributed by atoms with E-state index in [1.165, 1.54) is 12.4 Å². The molecule has 1 aromatic heterocycles. The molecule has 1 aromatic rings. The highest BCUT2D eigenvalue weighted by Gasteiger charge is 1.94. The van der Waals surface area contributed by atoms with Crippen molar-refractivity contribution in [3.05, 3.63) is 12.4 Å². The van der Waals surface area contributed by atoms with Crippen LogP contribution in [0.25, 0.3) is 0 Å². The van der Waals surface area contributed by atoms with Gasteiger partial charge in [0.25, 0.3) is 0 Å². The second-order valence-electron chi connectivity index (χ2n) is 2.08. The van der Waals surface area contributed by atoms with Gasteiger partial charge in [-0.3, -0.25) is 4.98 Å². The minimum atomic E-state index is 0.341. The molecule has 0 radical (unpaired) electrons. The lowest BCUT2D eigenvalue weighted by Crippen LogP contribution is -2.00. The van der Waals surface area contributed by atoms with Crippen LogP contribution in [0.2, 0.25) is 0 Å². The topological polar surface area (TPSA) is 61.0 Å². The number of anilines is 1. The van der Waals surface area contributed by atoms with Gasteiger partial charge in [-0.15, -0.1) is 12.3 Å². The Bertz CT molecular complexity index is 293. The zero-order valence-electron chi connectivity index (χ0n) is 6.53. The van der Waals surface area contributed by atoms with Crippen LogP contribution in [0.15, 0.2) is 12.4 Å². The molecule has 0 bridgehead atoms. The van der Waals surface area contributed by atoms with Gasteiger partial charge in [-0.05, 0) is 0 Å². The molecule has 0 aliphatic carbocycles. The molecular formula is C8H9N3O. The lowest BCUT2D eigenvalue weighted by atomic mass is 10.5. The molecule has 62 valence electrons. The standard InChI is InChI=1S/C8H9N3O/c1-2-3-4-12-8-6-10-5-7(9)11-8/h1,5-6H,3-4H2,(H2,9,11). The lowest BCUT2D eigenvalue weighted by molar-refractivity contribution is 0.313. The smallest absolute Gasteiger partial charge is 0.234 e. The number of nitrogen functional groups attached to an aromatic ring is 1. The monoisotopic (exact) mass is 163 g/mol. The van der Waals surface area contributed by atoms with Crippen molar-refractivity contribution < 1.29 is 4.74 Å². The highest BCUT2D eigenvalue weighted by atomic mass is 16.5. The number of rotatable bonds is 3. The van der Waals surface area contributed by atoms with Crippen LogP contribution in [0.4, 0.5) is 5.82 Å². The summed E-state index contributed by atoms with van der Waals surface area (Å²) in [5.41, 5.74) is 5.37. The summed E-state index contributed by atoms with van der Waals surface area (Å²) in [4.78, 5) is 7.67. The molecule has 4 heteroatoms. The fourth-order valence-corrected chi connectivity index (χ4v) is 0.646. The largest absolute Gasteiger partial charge is 0.476 e. The summed E-state index contributed by atoms with van der Waals surface area (Å²) < 4.78 is 5.13. The average Bonchev–Trinajstić information content (AvgIpc) is 2.05. The summed E-state index contributed by atoms with van der Waals surface area (Å²) in [6.45, 7) is 0.439. The summed E-state index contributed by atoms with van der Waals surface area (Å²) in [7, 11) is 0. The van der Waals surface area contributed by atoms with E-state index in [0.717, 1.165) is 0 Å². The van der Waals surface area contributed by atoms with Gasteiger partial charge in [-0.2, -0.15) is 4.98 Å². The van der Waals surface area contributed by atoms with E-state index in [1.807, 2.05) is 0 Å². The minimum absolute atomic E-state index is 0.341. The first-order valence-electron chi connectivity index (χ1n) is 3.46. The Morgan fingerprint density at radius 2 is 2.42 bits per heavy atom. The van der Waals surface area contributed by atoms with E-state index in [2.05, 4.69) is 15.9 Å². The molecule has 0 saturated carbocycles. The van der Waals surface area contributed by atoms with Gasteiger partial charge in [0.1, 0.15) is 12.4 Å². The van der Waals surface area contributed by atoms with Crippen LogP contribution in [0.1, 0.15) is 6.42 Å². The van der Waals surface area contributed by atoms with Gasteiger partial charge in [-0.1, -0.05) is 0 Å². The van der Waals surface area contributed by atoms with E-state index in [9.17, 15) is 0 Å². The fourth-order valence-electron chi connectivity index (χ4n) is 0.646. The third kappa shape index (κ3) is 2.46. The van der Waals surface area contributed by atoms with Crippen LogP contribution < -0.4 is 10.5 Å². The van der Waals surface area contributed by atoms with Crippen LogP contribution in [0.3, 0.4) is 0 Å². The molecule has 12 heavy (non-hydrogen) atoms. The van der Waals surface area contributed by atoms with Crippen molar-refractivity contribution in [1.82, 2.24) is 9.97 Å². The normalized spacial score (nSPS) is 8.92. The quantitative estimate of drug-likeness (QED) is 0.519. The van der Waals surface area contributed by atoms with E-state index in [-0.39, 0.29) is 0 Å². The zero-order valence-corrected chi connectivity index (χ0v) is 6.53.